The van der Waals surface area contributed by atoms with Gasteiger partial charge in [-0.1, -0.05) is 48.0 Å². The van der Waals surface area contributed by atoms with Crippen molar-refractivity contribution < 1.29 is 4.79 Å². The van der Waals surface area contributed by atoms with Crippen LogP contribution in [0.1, 0.15) is 37.3 Å². The van der Waals surface area contributed by atoms with Gasteiger partial charge in [-0.25, -0.2) is 0 Å². The molecule has 2 fully saturated rings. The van der Waals surface area contributed by atoms with Crippen molar-refractivity contribution in [2.45, 2.75) is 37.6 Å². The van der Waals surface area contributed by atoms with Crippen molar-refractivity contribution >= 4 is 28.3 Å². The molecule has 0 unspecified atom stereocenters. The van der Waals surface area contributed by atoms with Gasteiger partial charge in [0.15, 0.2) is 0 Å². The minimum absolute atomic E-state index is 0.0147. The van der Waals surface area contributed by atoms with E-state index in [1.54, 1.807) is 0 Å². The maximum absolute atomic E-state index is 12.7. The number of rotatable bonds is 3. The molecule has 2 aliphatic heterocycles. The molecule has 1 aromatic heterocycles. The Morgan fingerprint density at radius 3 is 2.40 bits per heavy atom. The summed E-state index contributed by atoms with van der Waals surface area (Å²) in [5, 5.41) is 15.6. The van der Waals surface area contributed by atoms with Gasteiger partial charge in [-0.3, -0.25) is 4.79 Å². The van der Waals surface area contributed by atoms with Gasteiger partial charge in [0.2, 0.25) is 5.91 Å². The summed E-state index contributed by atoms with van der Waals surface area (Å²) in [6.07, 6.45) is 3.91. The van der Waals surface area contributed by atoms with Crippen LogP contribution in [0, 0.1) is 0 Å². The number of halogens is 1. The minimum atomic E-state index is 0.0147. The summed E-state index contributed by atoms with van der Waals surface area (Å²) in [6.45, 7) is 2.53. The van der Waals surface area contributed by atoms with Crippen LogP contribution in [0.2, 0.25) is 5.02 Å². The fourth-order valence-electron chi connectivity index (χ4n) is 4.74. The van der Waals surface area contributed by atoms with E-state index in [1.807, 2.05) is 35.2 Å². The fourth-order valence-corrected chi connectivity index (χ4v) is 4.86. The predicted molar refractivity (Wildman–Crippen MR) is 120 cm³/mol. The number of carbonyl (C=O) groups excluding carboxylic acids is 1. The Morgan fingerprint density at radius 1 is 0.967 bits per heavy atom. The van der Waals surface area contributed by atoms with Crippen LogP contribution in [0.15, 0.2) is 48.5 Å². The maximum atomic E-state index is 12.7. The average Bonchev–Trinajstić information content (AvgIpc) is 3.34. The number of aromatic nitrogens is 2. The third-order valence-electron chi connectivity index (χ3n) is 6.39. The normalized spacial score (nSPS) is 20.0. The molecule has 5 rings (SSSR count). The van der Waals surface area contributed by atoms with Gasteiger partial charge >= 0.3 is 0 Å². The highest BCUT2D eigenvalue weighted by Crippen LogP contribution is 2.35. The highest BCUT2D eigenvalue weighted by Gasteiger charge is 2.31. The molecule has 6 heteroatoms. The first-order valence-corrected chi connectivity index (χ1v) is 11.1. The second-order valence-corrected chi connectivity index (χ2v) is 8.67. The molecule has 0 bridgehead atoms. The van der Waals surface area contributed by atoms with Crippen molar-refractivity contribution in [3.63, 3.8) is 0 Å². The monoisotopic (exact) mass is 420 g/mol. The van der Waals surface area contributed by atoms with Crippen LogP contribution in [0.4, 0.5) is 0 Å². The number of amides is 1. The Hall–Kier alpha value is -2.50. The van der Waals surface area contributed by atoms with Crippen LogP contribution >= 0.6 is 11.6 Å². The number of likely N-dealkylation sites (tertiary alicyclic amines) is 1. The van der Waals surface area contributed by atoms with Crippen LogP contribution in [-0.4, -0.2) is 46.7 Å². The Labute approximate surface area is 181 Å². The molecular weight excluding hydrogens is 396 g/mol. The largest absolute Gasteiger partial charge is 0.341 e. The molecule has 1 N–H and O–H groups in total. The molecule has 154 valence electrons. The van der Waals surface area contributed by atoms with E-state index in [2.05, 4.69) is 33.7 Å². The van der Waals surface area contributed by atoms with Gasteiger partial charge in [-0.2, -0.15) is 5.10 Å². The molecule has 3 heterocycles. The Morgan fingerprint density at radius 2 is 1.70 bits per heavy atom. The van der Waals surface area contributed by atoms with Crippen molar-refractivity contribution in [3.05, 3.63) is 59.2 Å². The lowest BCUT2D eigenvalue weighted by Crippen LogP contribution is -2.46. The molecule has 2 aliphatic rings. The molecule has 1 atom stereocenters. The number of hydrogen-bond donors (Lipinski definition) is 1. The first-order chi connectivity index (χ1) is 14.7. The van der Waals surface area contributed by atoms with Crippen LogP contribution < -0.4 is 5.32 Å². The summed E-state index contributed by atoms with van der Waals surface area (Å²) < 4.78 is 0. The zero-order chi connectivity index (χ0) is 20.5. The number of nitrogens with zero attached hydrogens (tertiary/aromatic N) is 3. The first-order valence-electron chi connectivity index (χ1n) is 10.7. The van der Waals surface area contributed by atoms with E-state index in [0.29, 0.717) is 10.9 Å². The zero-order valence-electron chi connectivity index (χ0n) is 16.9. The van der Waals surface area contributed by atoms with Gasteiger partial charge in [0.1, 0.15) is 5.69 Å². The second kappa shape index (κ2) is 8.32. The highest BCUT2D eigenvalue weighted by molar-refractivity contribution is 6.30. The van der Waals surface area contributed by atoms with Crippen molar-refractivity contribution in [1.82, 2.24) is 20.4 Å². The minimum Gasteiger partial charge on any atom is -0.341 e. The molecule has 2 aromatic carbocycles. The van der Waals surface area contributed by atoms with Gasteiger partial charge in [-0.15, -0.1) is 5.10 Å². The topological polar surface area (TPSA) is 58.1 Å². The van der Waals surface area contributed by atoms with Gasteiger partial charge in [0.25, 0.3) is 0 Å². The summed E-state index contributed by atoms with van der Waals surface area (Å²) >= 11 is 6.05. The van der Waals surface area contributed by atoms with E-state index in [4.69, 9.17) is 11.6 Å². The summed E-state index contributed by atoms with van der Waals surface area (Å²) in [5.41, 5.74) is 2.94. The number of nitrogens with one attached hydrogen (secondary N) is 1. The van der Waals surface area contributed by atoms with Gasteiger partial charge in [0.05, 0.1) is 11.7 Å². The molecule has 2 saturated heterocycles. The van der Waals surface area contributed by atoms with Crippen molar-refractivity contribution in [2.75, 3.05) is 19.6 Å². The van der Waals surface area contributed by atoms with Crippen molar-refractivity contribution in [2.24, 2.45) is 0 Å². The van der Waals surface area contributed by atoms with Crippen LogP contribution in [0.25, 0.3) is 22.0 Å². The average molecular weight is 421 g/mol. The van der Waals surface area contributed by atoms with E-state index in [0.717, 1.165) is 73.0 Å². The van der Waals surface area contributed by atoms with Gasteiger partial charge in [0, 0.05) is 40.4 Å². The summed E-state index contributed by atoms with van der Waals surface area (Å²) in [5.74, 6) is 0.585. The molecule has 0 radical (unpaired) electrons. The lowest BCUT2D eigenvalue weighted by molar-refractivity contribution is -0.134. The molecule has 1 amide bonds. The van der Waals surface area contributed by atoms with E-state index < -0.39 is 0 Å². The molecule has 0 saturated carbocycles. The van der Waals surface area contributed by atoms with Crippen molar-refractivity contribution in [3.8, 4) is 11.3 Å². The summed E-state index contributed by atoms with van der Waals surface area (Å²) in [6, 6.07) is 16.1. The summed E-state index contributed by atoms with van der Waals surface area (Å²) in [4.78, 5) is 14.7. The van der Waals surface area contributed by atoms with Crippen LogP contribution in [0.5, 0.6) is 0 Å². The lowest BCUT2D eigenvalue weighted by Gasteiger charge is -2.33. The third kappa shape index (κ3) is 3.68. The number of benzene rings is 2. The molecular formula is C24H25ClN4O. The van der Waals surface area contributed by atoms with Crippen molar-refractivity contribution in [1.29, 1.82) is 0 Å². The Balaban J connectivity index is 1.40. The third-order valence-corrected chi connectivity index (χ3v) is 6.64. The SMILES string of the molecule is O=C([C@@H]1CCCN1)N1CCC(c2nnc(-c3ccc(Cl)cc3)c3ccccc23)CC1. The molecule has 5 nitrogen and oxygen atoms in total. The molecule has 30 heavy (non-hydrogen) atoms. The smallest absolute Gasteiger partial charge is 0.239 e. The highest BCUT2D eigenvalue weighted by atomic mass is 35.5. The van der Waals surface area contributed by atoms with E-state index >= 15 is 0 Å². The van der Waals surface area contributed by atoms with E-state index in [-0.39, 0.29) is 11.9 Å². The standard InChI is InChI=1S/C24H25ClN4O/c25-18-9-7-16(8-10-18)22-19-4-1-2-5-20(19)23(28-27-22)17-11-14-29(15-12-17)24(30)21-6-3-13-26-21/h1-2,4-5,7-10,17,21,26H,3,6,11-15H2/t21-/m0/s1. The fraction of sp³-hybridized carbons (Fsp3) is 0.375. The van der Waals surface area contributed by atoms with Crippen LogP contribution in [0.3, 0.4) is 0 Å². The number of fused-ring (bicyclic) bond motifs is 1. The zero-order valence-corrected chi connectivity index (χ0v) is 17.6. The molecule has 3 aromatic rings. The van der Waals surface area contributed by atoms with Crippen LogP contribution in [-0.2, 0) is 4.79 Å². The quantitative estimate of drug-likeness (QED) is 0.681. The van der Waals surface area contributed by atoms with Gasteiger partial charge < -0.3 is 10.2 Å². The second-order valence-electron chi connectivity index (χ2n) is 8.23. The Bertz CT molecular complexity index is 1050. The predicted octanol–water partition coefficient (Wildman–Crippen LogP) is 4.41. The first kappa shape index (κ1) is 19.5. The van der Waals surface area contributed by atoms with Gasteiger partial charge in [-0.05, 0) is 44.4 Å². The Kier molecular flexibility index (Phi) is 5.40. The maximum Gasteiger partial charge on any atom is 0.239 e. The number of hydrogen-bond acceptors (Lipinski definition) is 4. The molecule has 0 spiro atoms. The van der Waals surface area contributed by atoms with E-state index in [1.165, 1.54) is 0 Å². The number of piperidine rings is 1. The van der Waals surface area contributed by atoms with E-state index in [9.17, 15) is 4.79 Å². The lowest BCUT2D eigenvalue weighted by atomic mass is 9.89. The number of carbonyl (C=O) groups is 1. The molecule has 0 aliphatic carbocycles. The summed E-state index contributed by atoms with van der Waals surface area (Å²) in [7, 11) is 0.